The third-order valence-corrected chi connectivity index (χ3v) is 5.61. The van der Waals surface area contributed by atoms with Crippen LogP contribution in [0.5, 0.6) is 0 Å². The monoisotopic (exact) mass is 400 g/mol. The van der Waals surface area contributed by atoms with E-state index in [9.17, 15) is 14.7 Å². The summed E-state index contributed by atoms with van der Waals surface area (Å²) in [6.45, 7) is 0.590. The van der Waals surface area contributed by atoms with Crippen molar-refractivity contribution in [3.8, 4) is 0 Å². The molecule has 5 nitrogen and oxygen atoms in total. The summed E-state index contributed by atoms with van der Waals surface area (Å²) in [6, 6.07) is 25.3. The molecular weight excluding hydrogens is 376 g/mol. The number of aliphatic carboxylic acids is 1. The van der Waals surface area contributed by atoms with Crippen molar-refractivity contribution in [1.82, 2.24) is 10.6 Å². The van der Waals surface area contributed by atoms with Crippen LogP contribution in [0, 0.1) is 0 Å². The summed E-state index contributed by atoms with van der Waals surface area (Å²) in [5.41, 5.74) is 3.98. The van der Waals surface area contributed by atoms with Gasteiger partial charge in [0.25, 0.3) is 0 Å². The Bertz CT molecular complexity index is 981. The molecule has 1 heterocycles. The van der Waals surface area contributed by atoms with Gasteiger partial charge in [-0.1, -0.05) is 84.9 Å². The number of carbonyl (C=O) groups excluding carboxylic acids is 1. The number of carboxylic acids is 1. The Morgan fingerprint density at radius 2 is 1.37 bits per heavy atom. The topological polar surface area (TPSA) is 78.4 Å². The van der Waals surface area contributed by atoms with Crippen LogP contribution in [0.15, 0.2) is 84.9 Å². The molecule has 0 fully saturated rings. The van der Waals surface area contributed by atoms with E-state index in [-0.39, 0.29) is 5.91 Å². The molecule has 0 aromatic heterocycles. The van der Waals surface area contributed by atoms with Crippen LogP contribution in [0.4, 0.5) is 0 Å². The molecule has 0 saturated carbocycles. The molecule has 0 spiro atoms. The van der Waals surface area contributed by atoms with Gasteiger partial charge < -0.3 is 15.7 Å². The van der Waals surface area contributed by atoms with E-state index >= 15 is 0 Å². The highest BCUT2D eigenvalue weighted by Crippen LogP contribution is 2.28. The van der Waals surface area contributed by atoms with Crippen LogP contribution in [-0.4, -0.2) is 29.1 Å². The highest BCUT2D eigenvalue weighted by Gasteiger charge is 2.34. The molecule has 1 aliphatic rings. The average molecular weight is 400 g/mol. The Morgan fingerprint density at radius 1 is 0.833 bits per heavy atom. The lowest BCUT2D eigenvalue weighted by Crippen LogP contribution is -2.54. The predicted octanol–water partition coefficient (Wildman–Crippen LogP) is 3.10. The van der Waals surface area contributed by atoms with Crippen LogP contribution in [0.25, 0.3) is 0 Å². The van der Waals surface area contributed by atoms with E-state index in [1.54, 1.807) is 0 Å². The van der Waals surface area contributed by atoms with Crippen LogP contribution in [0.3, 0.4) is 0 Å². The summed E-state index contributed by atoms with van der Waals surface area (Å²) < 4.78 is 0. The number of fused-ring (bicyclic) bond motifs is 1. The van der Waals surface area contributed by atoms with Gasteiger partial charge in [-0.25, -0.2) is 4.79 Å². The minimum absolute atomic E-state index is 0.297. The highest BCUT2D eigenvalue weighted by molar-refractivity contribution is 5.88. The second-order valence-electron chi connectivity index (χ2n) is 7.53. The zero-order valence-corrected chi connectivity index (χ0v) is 16.5. The van der Waals surface area contributed by atoms with Crippen molar-refractivity contribution in [2.24, 2.45) is 0 Å². The Kier molecular flexibility index (Phi) is 5.91. The molecule has 0 radical (unpaired) electrons. The minimum Gasteiger partial charge on any atom is -0.480 e. The molecule has 1 amide bonds. The standard InChI is InChI=1S/C25H24N2O3/c28-24(21-15-19-13-7-8-14-20(19)16-26-21)27-23(25(29)30)22(17-9-3-1-4-10-17)18-11-5-2-6-12-18/h1-14,21-23,26H,15-16H2,(H,27,28)(H,29,30)/t21-,23-/m0/s1. The van der Waals surface area contributed by atoms with Gasteiger partial charge in [-0.3, -0.25) is 4.79 Å². The van der Waals surface area contributed by atoms with E-state index in [1.165, 1.54) is 5.56 Å². The number of hydrogen-bond donors (Lipinski definition) is 3. The molecule has 0 unspecified atom stereocenters. The maximum absolute atomic E-state index is 13.1. The average Bonchev–Trinajstić information content (AvgIpc) is 2.79. The van der Waals surface area contributed by atoms with Crippen molar-refractivity contribution in [3.63, 3.8) is 0 Å². The first-order valence-electron chi connectivity index (χ1n) is 10.1. The Labute approximate surface area is 175 Å². The van der Waals surface area contributed by atoms with Crippen molar-refractivity contribution in [2.75, 3.05) is 0 Å². The number of benzene rings is 3. The number of carboxylic acid groups (broad SMARTS) is 1. The van der Waals surface area contributed by atoms with Gasteiger partial charge in [0.1, 0.15) is 6.04 Å². The van der Waals surface area contributed by atoms with Gasteiger partial charge in [-0.05, 0) is 28.7 Å². The molecule has 3 N–H and O–H groups in total. The van der Waals surface area contributed by atoms with Crippen LogP contribution >= 0.6 is 0 Å². The fourth-order valence-electron chi connectivity index (χ4n) is 4.08. The Morgan fingerprint density at radius 3 is 1.93 bits per heavy atom. The Hall–Kier alpha value is -3.44. The molecule has 0 aliphatic carbocycles. The molecule has 152 valence electrons. The van der Waals surface area contributed by atoms with Crippen LogP contribution in [-0.2, 0) is 22.6 Å². The van der Waals surface area contributed by atoms with Crippen LogP contribution < -0.4 is 10.6 Å². The summed E-state index contributed by atoms with van der Waals surface area (Å²) >= 11 is 0. The minimum atomic E-state index is -1.08. The zero-order chi connectivity index (χ0) is 20.9. The highest BCUT2D eigenvalue weighted by atomic mass is 16.4. The van der Waals surface area contributed by atoms with Crippen molar-refractivity contribution >= 4 is 11.9 Å². The van der Waals surface area contributed by atoms with Crippen molar-refractivity contribution in [1.29, 1.82) is 0 Å². The number of carbonyl (C=O) groups is 2. The Balaban J connectivity index is 1.60. The van der Waals surface area contributed by atoms with Crippen molar-refractivity contribution in [2.45, 2.75) is 31.0 Å². The SMILES string of the molecule is O=C(N[C@H](C(=O)O)C(c1ccccc1)c1ccccc1)[C@@H]1Cc2ccccc2CN1. The molecular formula is C25H24N2O3. The number of rotatable bonds is 6. The first-order chi connectivity index (χ1) is 14.6. The molecule has 1 aliphatic heterocycles. The number of hydrogen-bond acceptors (Lipinski definition) is 3. The third-order valence-electron chi connectivity index (χ3n) is 5.61. The van der Waals surface area contributed by atoms with E-state index in [4.69, 9.17) is 0 Å². The molecule has 30 heavy (non-hydrogen) atoms. The summed E-state index contributed by atoms with van der Waals surface area (Å²) in [7, 11) is 0. The summed E-state index contributed by atoms with van der Waals surface area (Å²) in [5, 5.41) is 16.1. The fraction of sp³-hybridized carbons (Fsp3) is 0.200. The first-order valence-corrected chi connectivity index (χ1v) is 10.1. The number of nitrogens with one attached hydrogen (secondary N) is 2. The fourth-order valence-corrected chi connectivity index (χ4v) is 4.08. The maximum Gasteiger partial charge on any atom is 0.327 e. The van der Waals surface area contributed by atoms with Gasteiger partial charge in [0.15, 0.2) is 0 Å². The second-order valence-corrected chi connectivity index (χ2v) is 7.53. The first kappa shape index (κ1) is 19.9. The largest absolute Gasteiger partial charge is 0.480 e. The zero-order valence-electron chi connectivity index (χ0n) is 16.5. The van der Waals surface area contributed by atoms with E-state index in [1.807, 2.05) is 84.9 Å². The lowest BCUT2D eigenvalue weighted by Gasteiger charge is -2.30. The third kappa shape index (κ3) is 4.26. The molecule has 2 atom stereocenters. The lowest BCUT2D eigenvalue weighted by molar-refractivity contribution is -0.142. The molecule has 3 aromatic rings. The van der Waals surface area contributed by atoms with Crippen molar-refractivity contribution < 1.29 is 14.7 Å². The molecule has 4 rings (SSSR count). The molecule has 3 aromatic carbocycles. The van der Waals surface area contributed by atoms with Crippen LogP contribution in [0.1, 0.15) is 28.2 Å². The maximum atomic E-state index is 13.1. The lowest BCUT2D eigenvalue weighted by atomic mass is 9.84. The second kappa shape index (κ2) is 8.93. The number of amides is 1. The van der Waals surface area contributed by atoms with Gasteiger partial charge >= 0.3 is 5.97 Å². The van der Waals surface area contributed by atoms with Crippen molar-refractivity contribution in [3.05, 3.63) is 107 Å². The van der Waals surface area contributed by atoms with Gasteiger partial charge in [0.2, 0.25) is 5.91 Å². The van der Waals surface area contributed by atoms with Gasteiger partial charge in [0, 0.05) is 12.5 Å². The summed E-state index contributed by atoms with van der Waals surface area (Å²) in [6.07, 6.45) is 0.537. The van der Waals surface area contributed by atoms with E-state index in [2.05, 4.69) is 10.6 Å². The van der Waals surface area contributed by atoms with Gasteiger partial charge in [-0.15, -0.1) is 0 Å². The quantitative estimate of drug-likeness (QED) is 0.594. The molecule has 5 heteroatoms. The normalized spacial score (nSPS) is 16.5. The van der Waals surface area contributed by atoms with Crippen LogP contribution in [0.2, 0.25) is 0 Å². The summed E-state index contributed by atoms with van der Waals surface area (Å²) in [5.74, 6) is -1.85. The smallest absolute Gasteiger partial charge is 0.327 e. The van der Waals surface area contributed by atoms with E-state index < -0.39 is 24.0 Å². The van der Waals surface area contributed by atoms with Gasteiger partial charge in [0.05, 0.1) is 6.04 Å². The predicted molar refractivity (Wildman–Crippen MR) is 115 cm³/mol. The summed E-state index contributed by atoms with van der Waals surface area (Å²) in [4.78, 5) is 25.3. The van der Waals surface area contributed by atoms with Gasteiger partial charge in [-0.2, -0.15) is 0 Å². The molecule has 0 bridgehead atoms. The van der Waals surface area contributed by atoms with E-state index in [0.717, 1.165) is 16.7 Å². The van der Waals surface area contributed by atoms with E-state index in [0.29, 0.717) is 13.0 Å². The molecule has 0 saturated heterocycles.